The van der Waals surface area contributed by atoms with Gasteiger partial charge in [-0.25, -0.2) is 9.97 Å². The molecule has 1 aromatic carbocycles. The third-order valence-electron chi connectivity index (χ3n) is 3.65. The lowest BCUT2D eigenvalue weighted by atomic mass is 10.2. The Morgan fingerprint density at radius 2 is 1.84 bits per heavy atom. The third-order valence-corrected chi connectivity index (χ3v) is 4.40. The van der Waals surface area contributed by atoms with Gasteiger partial charge in [0.2, 0.25) is 0 Å². The number of benzene rings is 1. The maximum atomic E-state index is 12.6. The number of pyridine rings is 1. The van der Waals surface area contributed by atoms with Gasteiger partial charge < -0.3 is 5.32 Å². The Morgan fingerprint density at radius 1 is 1.04 bits per heavy atom. The number of aromatic nitrogens is 3. The van der Waals surface area contributed by atoms with Gasteiger partial charge in [0.05, 0.1) is 17.5 Å². The molecule has 126 valence electrons. The summed E-state index contributed by atoms with van der Waals surface area (Å²) in [6, 6.07) is 10.6. The van der Waals surface area contributed by atoms with Crippen LogP contribution in [0.3, 0.4) is 0 Å². The first-order chi connectivity index (χ1) is 12.0. The highest BCUT2D eigenvalue weighted by Crippen LogP contribution is 2.31. The van der Waals surface area contributed by atoms with Gasteiger partial charge in [-0.1, -0.05) is 6.07 Å². The summed E-state index contributed by atoms with van der Waals surface area (Å²) >= 11 is 1.38. The van der Waals surface area contributed by atoms with Crippen molar-refractivity contribution in [3.63, 3.8) is 0 Å². The molecule has 4 rings (SSSR count). The van der Waals surface area contributed by atoms with Gasteiger partial charge in [-0.05, 0) is 36.4 Å². The van der Waals surface area contributed by atoms with E-state index in [0.717, 1.165) is 29.2 Å². The van der Waals surface area contributed by atoms with Crippen molar-refractivity contribution in [1.29, 1.82) is 0 Å². The van der Waals surface area contributed by atoms with E-state index in [1.165, 1.54) is 23.5 Å². The van der Waals surface area contributed by atoms with Crippen molar-refractivity contribution in [2.75, 3.05) is 5.32 Å². The number of anilines is 2. The van der Waals surface area contributed by atoms with Gasteiger partial charge in [-0.3, -0.25) is 4.40 Å². The summed E-state index contributed by atoms with van der Waals surface area (Å²) in [6.45, 7) is 0. The number of alkyl halides is 3. The number of nitrogens with zero attached hydrogens (tertiary/aromatic N) is 3. The van der Waals surface area contributed by atoms with E-state index in [0.29, 0.717) is 10.8 Å². The molecule has 0 radical (unpaired) electrons. The number of hydrogen-bond donors (Lipinski definition) is 1. The Bertz CT molecular complexity index is 1020. The lowest BCUT2D eigenvalue weighted by Crippen LogP contribution is -2.04. The maximum absolute atomic E-state index is 12.6. The number of rotatable bonds is 3. The highest BCUT2D eigenvalue weighted by atomic mass is 32.1. The van der Waals surface area contributed by atoms with Crippen LogP contribution in [-0.4, -0.2) is 14.4 Å². The summed E-state index contributed by atoms with van der Waals surface area (Å²) in [6.07, 6.45) is -0.692. The zero-order valence-electron chi connectivity index (χ0n) is 12.7. The first-order valence-electron chi connectivity index (χ1n) is 7.33. The van der Waals surface area contributed by atoms with E-state index >= 15 is 0 Å². The molecule has 3 heterocycles. The second-order valence-electron chi connectivity index (χ2n) is 5.31. The average molecular weight is 360 g/mol. The quantitative estimate of drug-likeness (QED) is 0.545. The molecular weight excluding hydrogens is 349 g/mol. The minimum atomic E-state index is -4.34. The standard InChI is InChI=1S/C17H11F3N4S/c18-17(19,20)11-4-6-12(7-5-11)22-16-23-13(10-25-16)14-9-21-15-3-1-2-8-24(14)15/h1-10H,(H,22,23). The molecule has 0 saturated carbocycles. The molecule has 0 amide bonds. The van der Waals surface area contributed by atoms with E-state index in [9.17, 15) is 13.2 Å². The van der Waals surface area contributed by atoms with Crippen LogP contribution in [0.15, 0.2) is 60.2 Å². The van der Waals surface area contributed by atoms with Crippen molar-refractivity contribution in [3.05, 3.63) is 65.8 Å². The molecule has 25 heavy (non-hydrogen) atoms. The Hall–Kier alpha value is -2.87. The van der Waals surface area contributed by atoms with Crippen molar-refractivity contribution in [3.8, 4) is 11.4 Å². The van der Waals surface area contributed by atoms with E-state index < -0.39 is 11.7 Å². The summed E-state index contributed by atoms with van der Waals surface area (Å²) in [4.78, 5) is 8.82. The van der Waals surface area contributed by atoms with Crippen molar-refractivity contribution in [2.24, 2.45) is 0 Å². The largest absolute Gasteiger partial charge is 0.416 e. The molecule has 0 fully saturated rings. The fourth-order valence-electron chi connectivity index (χ4n) is 2.44. The molecule has 0 bridgehead atoms. The second kappa shape index (κ2) is 5.89. The lowest BCUT2D eigenvalue weighted by Gasteiger charge is -2.07. The van der Waals surface area contributed by atoms with Gasteiger partial charge in [-0.2, -0.15) is 13.2 Å². The number of nitrogens with one attached hydrogen (secondary N) is 1. The molecule has 0 unspecified atom stereocenters. The molecule has 0 aliphatic carbocycles. The Labute approximate surface area is 144 Å². The summed E-state index contributed by atoms with van der Waals surface area (Å²) in [5, 5.41) is 5.50. The van der Waals surface area contributed by atoms with Crippen LogP contribution in [0, 0.1) is 0 Å². The number of thiazole rings is 1. The summed E-state index contributed by atoms with van der Waals surface area (Å²) < 4.78 is 39.7. The first kappa shape index (κ1) is 15.6. The minimum Gasteiger partial charge on any atom is -0.332 e. The highest BCUT2D eigenvalue weighted by Gasteiger charge is 2.29. The van der Waals surface area contributed by atoms with E-state index in [4.69, 9.17) is 0 Å². The minimum absolute atomic E-state index is 0.548. The predicted molar refractivity (Wildman–Crippen MR) is 91.0 cm³/mol. The molecule has 3 aromatic heterocycles. The zero-order valence-corrected chi connectivity index (χ0v) is 13.5. The molecule has 0 atom stereocenters. The smallest absolute Gasteiger partial charge is 0.332 e. The fraction of sp³-hybridized carbons (Fsp3) is 0.0588. The molecule has 8 heteroatoms. The Balaban J connectivity index is 1.57. The average Bonchev–Trinajstić information content (AvgIpc) is 3.21. The highest BCUT2D eigenvalue weighted by molar-refractivity contribution is 7.14. The third kappa shape index (κ3) is 3.08. The summed E-state index contributed by atoms with van der Waals surface area (Å²) in [5.41, 5.74) is 2.30. The molecule has 1 N–H and O–H groups in total. The van der Waals surface area contributed by atoms with E-state index in [1.54, 1.807) is 6.20 Å². The van der Waals surface area contributed by atoms with Gasteiger partial charge in [0.15, 0.2) is 5.13 Å². The van der Waals surface area contributed by atoms with Crippen LogP contribution in [0.25, 0.3) is 17.0 Å². The molecule has 4 aromatic rings. The topological polar surface area (TPSA) is 42.2 Å². The van der Waals surface area contributed by atoms with Crippen LogP contribution in [0.1, 0.15) is 5.56 Å². The molecule has 0 aliphatic rings. The molecule has 0 aliphatic heterocycles. The fourth-order valence-corrected chi connectivity index (χ4v) is 3.16. The maximum Gasteiger partial charge on any atom is 0.416 e. The number of hydrogen-bond acceptors (Lipinski definition) is 4. The molecule has 0 saturated heterocycles. The van der Waals surface area contributed by atoms with Gasteiger partial charge in [0.25, 0.3) is 0 Å². The SMILES string of the molecule is FC(F)(F)c1ccc(Nc2nc(-c3cnc4ccccn34)cs2)cc1. The first-order valence-corrected chi connectivity index (χ1v) is 8.21. The van der Waals surface area contributed by atoms with Crippen LogP contribution in [0.5, 0.6) is 0 Å². The van der Waals surface area contributed by atoms with E-state index in [-0.39, 0.29) is 0 Å². The van der Waals surface area contributed by atoms with E-state index in [2.05, 4.69) is 15.3 Å². The number of imidazole rings is 1. The monoisotopic (exact) mass is 360 g/mol. The number of halogens is 3. The summed E-state index contributed by atoms with van der Waals surface area (Å²) in [5.74, 6) is 0. The van der Waals surface area contributed by atoms with Crippen molar-refractivity contribution in [2.45, 2.75) is 6.18 Å². The lowest BCUT2D eigenvalue weighted by molar-refractivity contribution is -0.137. The van der Waals surface area contributed by atoms with Gasteiger partial charge >= 0.3 is 6.18 Å². The van der Waals surface area contributed by atoms with Crippen LogP contribution in [0.2, 0.25) is 0 Å². The molecule has 0 spiro atoms. The summed E-state index contributed by atoms with van der Waals surface area (Å²) in [7, 11) is 0. The van der Waals surface area contributed by atoms with E-state index in [1.807, 2.05) is 34.2 Å². The number of fused-ring (bicyclic) bond motifs is 1. The van der Waals surface area contributed by atoms with Gasteiger partial charge in [0, 0.05) is 17.3 Å². The van der Waals surface area contributed by atoms with Crippen molar-refractivity contribution < 1.29 is 13.2 Å². The van der Waals surface area contributed by atoms with Crippen LogP contribution >= 0.6 is 11.3 Å². The Kier molecular flexibility index (Phi) is 3.69. The van der Waals surface area contributed by atoms with Crippen molar-refractivity contribution in [1.82, 2.24) is 14.4 Å². The van der Waals surface area contributed by atoms with Crippen molar-refractivity contribution >= 4 is 27.8 Å². The molecule has 4 nitrogen and oxygen atoms in total. The zero-order chi connectivity index (χ0) is 17.4. The second-order valence-corrected chi connectivity index (χ2v) is 6.17. The molecular formula is C17H11F3N4S. The van der Waals surface area contributed by atoms with Crippen LogP contribution in [-0.2, 0) is 6.18 Å². The van der Waals surface area contributed by atoms with Crippen LogP contribution in [0.4, 0.5) is 24.0 Å². The normalized spacial score (nSPS) is 11.8. The predicted octanol–water partition coefficient (Wildman–Crippen LogP) is 5.22. The van der Waals surface area contributed by atoms with Crippen LogP contribution < -0.4 is 5.32 Å². The Morgan fingerprint density at radius 3 is 2.60 bits per heavy atom. The van der Waals surface area contributed by atoms with Gasteiger partial charge in [0.1, 0.15) is 11.3 Å². The van der Waals surface area contributed by atoms with Gasteiger partial charge in [-0.15, -0.1) is 11.3 Å².